The van der Waals surface area contributed by atoms with E-state index in [-0.39, 0.29) is 12.5 Å². The molecule has 12 nitrogen and oxygen atoms in total. The van der Waals surface area contributed by atoms with Gasteiger partial charge in [0, 0.05) is 6.42 Å². The summed E-state index contributed by atoms with van der Waals surface area (Å²) in [5, 5.41) is 45.0. The average Bonchev–Trinajstić information content (AvgIpc) is 3.27. The molecular weight excluding hydrogens is 835 g/mol. The number of carbonyl (C=O) groups is 1. The highest BCUT2D eigenvalue weighted by atomic mass is 32.3. The fourth-order valence-corrected chi connectivity index (χ4v) is 9.01. The Morgan fingerprint density at radius 3 is 1.56 bits per heavy atom. The highest BCUT2D eigenvalue weighted by molar-refractivity contribution is 7.80. The molecule has 0 spiro atoms. The lowest BCUT2D eigenvalue weighted by molar-refractivity contribution is -0.298. The van der Waals surface area contributed by atoms with Crippen LogP contribution in [-0.2, 0) is 28.9 Å². The lowest BCUT2D eigenvalue weighted by Crippen LogP contribution is -2.61. The normalized spacial score (nSPS) is 20.4. The monoisotopic (exact) mass is 932 g/mol. The molecule has 0 aromatic carbocycles. The Morgan fingerprint density at radius 1 is 0.641 bits per heavy atom. The second-order valence-electron chi connectivity index (χ2n) is 18.4. The van der Waals surface area contributed by atoms with Crippen molar-refractivity contribution in [2.75, 3.05) is 13.2 Å². The number of allylic oxidation sites excluding steroid dienone is 4. The molecule has 1 amide bonds. The number of hydrogen-bond donors (Lipinski definition) is 6. The molecule has 64 heavy (non-hydrogen) atoms. The first-order valence-corrected chi connectivity index (χ1v) is 27.6. The highest BCUT2D eigenvalue weighted by Crippen LogP contribution is 2.26. The molecule has 13 heteroatoms. The summed E-state index contributed by atoms with van der Waals surface area (Å²) in [5.41, 5.74) is 0. The maximum absolute atomic E-state index is 13.1. The van der Waals surface area contributed by atoms with E-state index < -0.39 is 59.9 Å². The van der Waals surface area contributed by atoms with E-state index in [1.54, 1.807) is 0 Å². The van der Waals surface area contributed by atoms with Crippen molar-refractivity contribution < 1.29 is 51.8 Å². The predicted octanol–water partition coefficient (Wildman–Crippen LogP) is 11.3. The number of ether oxygens (including phenoxy) is 2. The van der Waals surface area contributed by atoms with Gasteiger partial charge in [-0.2, -0.15) is 8.42 Å². The molecule has 1 heterocycles. The van der Waals surface area contributed by atoms with Gasteiger partial charge in [0.05, 0.1) is 25.4 Å². The number of rotatable bonds is 45. The van der Waals surface area contributed by atoms with Crippen LogP contribution in [0, 0.1) is 0 Å². The topological polar surface area (TPSA) is 192 Å². The van der Waals surface area contributed by atoms with Gasteiger partial charge >= 0.3 is 10.4 Å². The summed E-state index contributed by atoms with van der Waals surface area (Å²) < 4.78 is 47.8. The van der Waals surface area contributed by atoms with Crippen LogP contribution in [0.2, 0.25) is 0 Å². The molecule has 1 saturated heterocycles. The first-order chi connectivity index (χ1) is 31.0. The van der Waals surface area contributed by atoms with Crippen molar-refractivity contribution in [2.45, 2.75) is 281 Å². The van der Waals surface area contributed by atoms with Gasteiger partial charge in [-0.3, -0.25) is 9.35 Å². The van der Waals surface area contributed by atoms with Crippen molar-refractivity contribution in [3.63, 3.8) is 0 Å². The van der Waals surface area contributed by atoms with Gasteiger partial charge in [-0.1, -0.05) is 218 Å². The molecule has 0 radical (unpaired) electrons. The molecule has 1 aliphatic rings. The van der Waals surface area contributed by atoms with Gasteiger partial charge in [-0.25, -0.2) is 4.18 Å². The standard InChI is InChI=1S/C51H97NO11S/c1-3-5-7-9-11-13-15-17-19-21-22-23-24-25-27-29-31-33-35-37-39-41-47(55)52-44(43-61-51-49(57)50(63-64(58,59)60)48(56)46(42-53)62-51)45(54)40-38-36-34-32-30-28-26-20-18-16-14-12-10-8-6-4-2/h5,7,11,13,44-46,48-51,53-54,56-57H,3-4,6,8-10,12,14-43H2,1-2H3,(H,52,55)(H,58,59,60)/b7-5-,13-11-. The maximum atomic E-state index is 13.1. The molecule has 0 aromatic rings. The number of nitrogens with one attached hydrogen (secondary N) is 1. The fraction of sp³-hybridized carbons (Fsp3) is 0.902. The van der Waals surface area contributed by atoms with Crippen LogP contribution in [0.3, 0.4) is 0 Å². The Bertz CT molecular complexity index is 1230. The summed E-state index contributed by atoms with van der Waals surface area (Å²) in [5.74, 6) is -0.228. The summed E-state index contributed by atoms with van der Waals surface area (Å²) in [6.45, 7) is 3.37. The van der Waals surface area contributed by atoms with Crippen molar-refractivity contribution in [1.29, 1.82) is 0 Å². The number of aliphatic hydroxyl groups excluding tert-OH is 4. The van der Waals surface area contributed by atoms with Crippen LogP contribution in [0.25, 0.3) is 0 Å². The molecule has 378 valence electrons. The van der Waals surface area contributed by atoms with E-state index in [0.29, 0.717) is 12.8 Å². The van der Waals surface area contributed by atoms with E-state index in [2.05, 4.69) is 47.7 Å². The van der Waals surface area contributed by atoms with E-state index in [4.69, 9.17) is 9.47 Å². The van der Waals surface area contributed by atoms with E-state index in [0.717, 1.165) is 64.2 Å². The Hall–Kier alpha value is -1.42. The third-order valence-corrected chi connectivity index (χ3v) is 13.0. The average molecular weight is 932 g/mol. The van der Waals surface area contributed by atoms with Gasteiger partial charge in [0.2, 0.25) is 5.91 Å². The van der Waals surface area contributed by atoms with Crippen LogP contribution in [0.4, 0.5) is 0 Å². The lowest BCUT2D eigenvalue weighted by atomic mass is 9.99. The predicted molar refractivity (Wildman–Crippen MR) is 259 cm³/mol. The van der Waals surface area contributed by atoms with Crippen molar-refractivity contribution >= 4 is 16.3 Å². The Kier molecular flexibility index (Phi) is 39.5. The molecule has 7 unspecified atom stereocenters. The Balaban J connectivity index is 2.40. The van der Waals surface area contributed by atoms with Crippen LogP contribution in [0.1, 0.15) is 239 Å². The highest BCUT2D eigenvalue weighted by Gasteiger charge is 2.48. The molecular formula is C51H97NO11S. The van der Waals surface area contributed by atoms with Crippen molar-refractivity contribution in [2.24, 2.45) is 0 Å². The van der Waals surface area contributed by atoms with Gasteiger partial charge in [-0.15, -0.1) is 0 Å². The van der Waals surface area contributed by atoms with Crippen LogP contribution in [0.5, 0.6) is 0 Å². The first kappa shape index (κ1) is 60.6. The molecule has 1 aliphatic heterocycles. The largest absolute Gasteiger partial charge is 0.397 e. The molecule has 0 aliphatic carbocycles. The summed E-state index contributed by atoms with van der Waals surface area (Å²) >= 11 is 0. The van der Waals surface area contributed by atoms with Gasteiger partial charge in [0.1, 0.15) is 24.4 Å². The number of hydrogen-bond acceptors (Lipinski definition) is 10. The zero-order valence-corrected chi connectivity index (χ0v) is 41.4. The zero-order chi connectivity index (χ0) is 46.9. The minimum Gasteiger partial charge on any atom is -0.394 e. The van der Waals surface area contributed by atoms with E-state index in [1.165, 1.54) is 148 Å². The second-order valence-corrected chi connectivity index (χ2v) is 19.5. The van der Waals surface area contributed by atoms with E-state index >= 15 is 0 Å². The quantitative estimate of drug-likeness (QED) is 0.0193. The molecule has 0 bridgehead atoms. The molecule has 1 fully saturated rings. The van der Waals surface area contributed by atoms with Gasteiger partial charge < -0.3 is 35.2 Å². The summed E-state index contributed by atoms with van der Waals surface area (Å²) in [4.78, 5) is 13.1. The number of aliphatic hydroxyl groups is 4. The van der Waals surface area contributed by atoms with Gasteiger partial charge in [-0.05, 0) is 38.5 Å². The van der Waals surface area contributed by atoms with Gasteiger partial charge in [0.15, 0.2) is 6.29 Å². The van der Waals surface area contributed by atoms with Crippen molar-refractivity contribution in [3.05, 3.63) is 24.3 Å². The summed E-state index contributed by atoms with van der Waals surface area (Å²) in [7, 11) is -5.08. The number of carbonyl (C=O) groups excluding carboxylic acids is 1. The third kappa shape index (κ3) is 34.0. The third-order valence-electron chi connectivity index (χ3n) is 12.5. The van der Waals surface area contributed by atoms with Crippen molar-refractivity contribution in [1.82, 2.24) is 5.32 Å². The maximum Gasteiger partial charge on any atom is 0.397 e. The van der Waals surface area contributed by atoms with Crippen LogP contribution in [-0.4, -0.2) is 95.4 Å². The number of unbranched alkanes of at least 4 members (excludes halogenated alkanes) is 29. The molecule has 0 saturated carbocycles. The minimum absolute atomic E-state index is 0.228. The van der Waals surface area contributed by atoms with Crippen LogP contribution in [0.15, 0.2) is 24.3 Å². The SMILES string of the molecule is CC/C=C\C/C=C\CCCCCCCCCCCCCCCCC(=O)NC(COC1OC(CO)C(O)C(OS(=O)(=O)O)C1O)C(O)CCCCCCCCCCCCCCCCCC. The summed E-state index contributed by atoms with van der Waals surface area (Å²) in [6, 6.07) is -0.856. The fourth-order valence-electron chi connectivity index (χ4n) is 8.50. The molecule has 1 rings (SSSR count). The first-order valence-electron chi connectivity index (χ1n) is 26.2. The smallest absolute Gasteiger partial charge is 0.394 e. The van der Waals surface area contributed by atoms with E-state index in [9.17, 15) is 38.2 Å². The van der Waals surface area contributed by atoms with Gasteiger partial charge in [0.25, 0.3) is 0 Å². The number of amides is 1. The van der Waals surface area contributed by atoms with Crippen molar-refractivity contribution in [3.8, 4) is 0 Å². The van der Waals surface area contributed by atoms with E-state index in [1.807, 2.05) is 0 Å². The Morgan fingerprint density at radius 2 is 1.09 bits per heavy atom. The molecule has 0 aromatic heterocycles. The molecule has 6 N–H and O–H groups in total. The summed E-state index contributed by atoms with van der Waals surface area (Å²) in [6.07, 6.45) is 40.3. The Labute approximate surface area is 391 Å². The second kappa shape index (κ2) is 41.7. The molecule has 7 atom stereocenters. The van der Waals surface area contributed by atoms with Crippen LogP contribution < -0.4 is 5.32 Å². The van der Waals surface area contributed by atoms with Crippen LogP contribution >= 0.6 is 0 Å². The zero-order valence-electron chi connectivity index (χ0n) is 40.6. The lowest BCUT2D eigenvalue weighted by Gasteiger charge is -2.41. The minimum atomic E-state index is -5.08.